The molecule has 0 saturated heterocycles. The van der Waals surface area contributed by atoms with E-state index in [0.717, 1.165) is 29.9 Å². The largest absolute Gasteiger partial charge is 0.497 e. The third kappa shape index (κ3) is 2.86. The highest BCUT2D eigenvalue weighted by Crippen LogP contribution is 2.45. The molecule has 118 valence electrons. The summed E-state index contributed by atoms with van der Waals surface area (Å²) in [6.45, 7) is 0. The maximum Gasteiger partial charge on any atom is 0.124 e. The van der Waals surface area contributed by atoms with Gasteiger partial charge in [-0.15, -0.1) is 0 Å². The van der Waals surface area contributed by atoms with E-state index in [0.29, 0.717) is 0 Å². The van der Waals surface area contributed by atoms with Crippen molar-refractivity contribution in [2.24, 2.45) is 5.84 Å². The zero-order valence-corrected chi connectivity index (χ0v) is 13.5. The lowest BCUT2D eigenvalue weighted by molar-refractivity contribution is 0.103. The lowest BCUT2D eigenvalue weighted by Gasteiger charge is -2.43. The Morgan fingerprint density at radius 3 is 2.33 bits per heavy atom. The van der Waals surface area contributed by atoms with E-state index in [9.17, 15) is 0 Å². The van der Waals surface area contributed by atoms with Crippen LogP contribution >= 0.6 is 0 Å². The number of likely N-dealkylation sites (N-methyl/N-ethyl adjacent to an activating group) is 1. The quantitative estimate of drug-likeness (QED) is 0.621. The molecule has 1 saturated carbocycles. The number of hydrogen-bond donors (Lipinski definition) is 2. The van der Waals surface area contributed by atoms with Crippen molar-refractivity contribution in [3.63, 3.8) is 0 Å². The lowest BCUT2D eigenvalue weighted by atomic mass is 9.82. The maximum atomic E-state index is 5.95. The van der Waals surface area contributed by atoms with Crippen LogP contribution < -0.4 is 20.7 Å². The molecule has 0 radical (unpaired) electrons. The van der Waals surface area contributed by atoms with Crippen molar-refractivity contribution in [2.45, 2.75) is 37.3 Å². The second-order valence-corrected chi connectivity index (χ2v) is 5.91. The summed E-state index contributed by atoms with van der Waals surface area (Å²) in [5.41, 5.74) is 4.09. The Kier molecular flexibility index (Phi) is 5.08. The Morgan fingerprint density at radius 1 is 1.19 bits per heavy atom. The monoisotopic (exact) mass is 293 g/mol. The van der Waals surface area contributed by atoms with Crippen molar-refractivity contribution in [3.05, 3.63) is 23.8 Å². The minimum Gasteiger partial charge on any atom is -0.497 e. The number of rotatable bonds is 6. The number of nitrogens with one attached hydrogen (secondary N) is 1. The first-order valence-corrected chi connectivity index (χ1v) is 7.44. The highest BCUT2D eigenvalue weighted by molar-refractivity contribution is 5.44. The molecule has 0 heterocycles. The Labute approximate surface area is 127 Å². The standard InChI is InChI=1S/C16H27N3O2/c1-19(2)16(9-5-6-10-16)15(18-17)13-11-12(20-3)7-8-14(13)21-4/h7-8,11,15,18H,5-6,9-10,17H2,1-4H3. The fourth-order valence-corrected chi connectivity index (χ4v) is 3.58. The van der Waals surface area contributed by atoms with Crippen molar-refractivity contribution in [1.82, 2.24) is 10.3 Å². The lowest BCUT2D eigenvalue weighted by Crippen LogP contribution is -2.53. The summed E-state index contributed by atoms with van der Waals surface area (Å²) in [4.78, 5) is 2.30. The van der Waals surface area contributed by atoms with Crippen molar-refractivity contribution >= 4 is 0 Å². The summed E-state index contributed by atoms with van der Waals surface area (Å²) in [5.74, 6) is 7.61. The molecule has 1 fully saturated rings. The number of hydrogen-bond acceptors (Lipinski definition) is 5. The van der Waals surface area contributed by atoms with E-state index in [2.05, 4.69) is 24.4 Å². The van der Waals surface area contributed by atoms with Gasteiger partial charge in [-0.3, -0.25) is 11.3 Å². The molecule has 21 heavy (non-hydrogen) atoms. The van der Waals surface area contributed by atoms with E-state index in [4.69, 9.17) is 15.3 Å². The number of nitrogens with two attached hydrogens (primary N) is 1. The van der Waals surface area contributed by atoms with Crippen LogP contribution in [0.5, 0.6) is 11.5 Å². The van der Waals surface area contributed by atoms with Gasteiger partial charge >= 0.3 is 0 Å². The second-order valence-electron chi connectivity index (χ2n) is 5.91. The van der Waals surface area contributed by atoms with Crippen molar-refractivity contribution in [1.29, 1.82) is 0 Å². The second kappa shape index (κ2) is 6.64. The summed E-state index contributed by atoms with van der Waals surface area (Å²) in [5, 5.41) is 0. The van der Waals surface area contributed by atoms with E-state index in [1.165, 1.54) is 12.8 Å². The average Bonchev–Trinajstić information content (AvgIpc) is 2.98. The van der Waals surface area contributed by atoms with Crippen LogP contribution in [0.4, 0.5) is 0 Å². The third-order valence-electron chi connectivity index (χ3n) is 4.81. The van der Waals surface area contributed by atoms with Gasteiger partial charge in [0.2, 0.25) is 0 Å². The molecular formula is C16H27N3O2. The maximum absolute atomic E-state index is 5.95. The molecule has 1 aliphatic carbocycles. The molecule has 1 aliphatic rings. The Balaban J connectivity index is 2.49. The van der Waals surface area contributed by atoms with Gasteiger partial charge in [0.25, 0.3) is 0 Å². The zero-order valence-electron chi connectivity index (χ0n) is 13.5. The van der Waals surface area contributed by atoms with E-state index in [1.807, 2.05) is 18.2 Å². The molecule has 0 bridgehead atoms. The minimum absolute atomic E-state index is 0.0000463. The van der Waals surface area contributed by atoms with Crippen LogP contribution in [0.15, 0.2) is 18.2 Å². The molecule has 0 amide bonds. The predicted octanol–water partition coefficient (Wildman–Crippen LogP) is 2.08. The molecule has 5 heteroatoms. The molecule has 5 nitrogen and oxygen atoms in total. The van der Waals surface area contributed by atoms with Crippen LogP contribution in [-0.4, -0.2) is 38.8 Å². The summed E-state index contributed by atoms with van der Waals surface area (Å²) >= 11 is 0. The third-order valence-corrected chi connectivity index (χ3v) is 4.81. The first-order valence-electron chi connectivity index (χ1n) is 7.44. The molecule has 0 aromatic heterocycles. The number of benzene rings is 1. The van der Waals surface area contributed by atoms with E-state index < -0.39 is 0 Å². The number of hydrazine groups is 1. The molecule has 0 aliphatic heterocycles. The number of ether oxygens (including phenoxy) is 2. The van der Waals surface area contributed by atoms with Gasteiger partial charge in [-0.25, -0.2) is 0 Å². The fourth-order valence-electron chi connectivity index (χ4n) is 3.58. The van der Waals surface area contributed by atoms with Crippen molar-refractivity contribution in [3.8, 4) is 11.5 Å². The van der Waals surface area contributed by atoms with Gasteiger partial charge in [-0.05, 0) is 45.1 Å². The first kappa shape index (κ1) is 16.1. The highest BCUT2D eigenvalue weighted by Gasteiger charge is 2.44. The summed E-state index contributed by atoms with van der Waals surface area (Å²) in [6.07, 6.45) is 4.69. The van der Waals surface area contributed by atoms with Gasteiger partial charge in [0.1, 0.15) is 11.5 Å². The minimum atomic E-state index is 0.0000463. The van der Waals surface area contributed by atoms with Gasteiger partial charge in [-0.1, -0.05) is 12.8 Å². The fraction of sp³-hybridized carbons (Fsp3) is 0.625. The highest BCUT2D eigenvalue weighted by atomic mass is 16.5. The van der Waals surface area contributed by atoms with Gasteiger partial charge in [0.05, 0.1) is 20.3 Å². The topological polar surface area (TPSA) is 59.8 Å². The Morgan fingerprint density at radius 2 is 1.86 bits per heavy atom. The normalized spacial score (nSPS) is 18.8. The first-order chi connectivity index (χ1) is 10.1. The molecule has 1 atom stereocenters. The van der Waals surface area contributed by atoms with E-state index >= 15 is 0 Å². The molecule has 0 spiro atoms. The molecule has 1 aromatic rings. The van der Waals surface area contributed by atoms with Crippen LogP contribution in [-0.2, 0) is 0 Å². The zero-order chi connectivity index (χ0) is 15.5. The van der Waals surface area contributed by atoms with Crippen molar-refractivity contribution in [2.75, 3.05) is 28.3 Å². The van der Waals surface area contributed by atoms with Crippen LogP contribution in [0, 0.1) is 0 Å². The summed E-state index contributed by atoms with van der Waals surface area (Å²) in [6, 6.07) is 5.87. The molecule has 2 rings (SSSR count). The van der Waals surface area contributed by atoms with Crippen LogP contribution in [0.1, 0.15) is 37.3 Å². The van der Waals surface area contributed by atoms with Crippen LogP contribution in [0.25, 0.3) is 0 Å². The molecule has 3 N–H and O–H groups in total. The molecule has 1 aromatic carbocycles. The molecular weight excluding hydrogens is 266 g/mol. The van der Waals surface area contributed by atoms with Crippen LogP contribution in [0.2, 0.25) is 0 Å². The van der Waals surface area contributed by atoms with Gasteiger partial charge in [-0.2, -0.15) is 0 Å². The summed E-state index contributed by atoms with van der Waals surface area (Å²) < 4.78 is 10.9. The Bertz CT molecular complexity index is 471. The van der Waals surface area contributed by atoms with E-state index in [-0.39, 0.29) is 11.6 Å². The SMILES string of the molecule is COc1ccc(OC)c(C(NN)C2(N(C)C)CCCC2)c1. The van der Waals surface area contributed by atoms with Crippen molar-refractivity contribution < 1.29 is 9.47 Å². The van der Waals surface area contributed by atoms with Gasteiger partial charge in [0.15, 0.2) is 0 Å². The van der Waals surface area contributed by atoms with E-state index in [1.54, 1.807) is 14.2 Å². The van der Waals surface area contributed by atoms with Crippen LogP contribution in [0.3, 0.4) is 0 Å². The van der Waals surface area contributed by atoms with Gasteiger partial charge in [0, 0.05) is 11.1 Å². The predicted molar refractivity (Wildman–Crippen MR) is 84.5 cm³/mol. The summed E-state index contributed by atoms with van der Waals surface area (Å²) in [7, 11) is 7.62. The smallest absolute Gasteiger partial charge is 0.124 e. The van der Waals surface area contributed by atoms with Gasteiger partial charge < -0.3 is 14.4 Å². The average molecular weight is 293 g/mol. The molecule has 1 unspecified atom stereocenters. The Hall–Kier alpha value is -1.30. The number of nitrogens with zero attached hydrogens (tertiary/aromatic N) is 1. The number of methoxy groups -OCH3 is 2.